The van der Waals surface area contributed by atoms with Crippen LogP contribution >= 0.6 is 11.6 Å². The van der Waals surface area contributed by atoms with Crippen LogP contribution in [0.1, 0.15) is 11.5 Å². The van der Waals surface area contributed by atoms with Gasteiger partial charge in [0.25, 0.3) is 0 Å². The predicted octanol–water partition coefficient (Wildman–Crippen LogP) is 2.89. The highest BCUT2D eigenvalue weighted by molar-refractivity contribution is 6.30. The Hall–Kier alpha value is -1.35. The van der Waals surface area contributed by atoms with Crippen molar-refractivity contribution in [1.29, 1.82) is 0 Å². The van der Waals surface area contributed by atoms with Crippen LogP contribution in [0.4, 0.5) is 0 Å². The fraction of sp³-hybridized carbons (Fsp3) is 0.200. The van der Waals surface area contributed by atoms with Gasteiger partial charge in [0.2, 0.25) is 6.54 Å². The Kier molecular flexibility index (Phi) is 3.65. The summed E-state index contributed by atoms with van der Waals surface area (Å²) in [6.07, 6.45) is 1.56. The molecule has 0 aliphatic heterocycles. The van der Waals surface area contributed by atoms with Crippen LogP contribution in [0.15, 0.2) is 36.9 Å². The first kappa shape index (κ1) is 10.7. The molecule has 0 saturated carbocycles. The van der Waals surface area contributed by atoms with Crippen LogP contribution in [0.3, 0.4) is 0 Å². The summed E-state index contributed by atoms with van der Waals surface area (Å²) in [6.45, 7) is 3.42. The van der Waals surface area contributed by atoms with Gasteiger partial charge in [0.1, 0.15) is 0 Å². The minimum absolute atomic E-state index is 0.149. The van der Waals surface area contributed by atoms with Crippen molar-refractivity contribution in [2.75, 3.05) is 6.54 Å². The van der Waals surface area contributed by atoms with Crippen molar-refractivity contribution in [3.05, 3.63) is 57.6 Å². The van der Waals surface area contributed by atoms with Crippen molar-refractivity contribution in [2.24, 2.45) is 0 Å². The maximum absolute atomic E-state index is 10.4. The third-order valence-corrected chi connectivity index (χ3v) is 2.14. The van der Waals surface area contributed by atoms with Crippen molar-refractivity contribution in [3.63, 3.8) is 0 Å². The number of rotatable bonds is 4. The van der Waals surface area contributed by atoms with Crippen molar-refractivity contribution in [1.82, 2.24) is 0 Å². The van der Waals surface area contributed by atoms with E-state index in [1.54, 1.807) is 24.3 Å². The van der Waals surface area contributed by atoms with Crippen molar-refractivity contribution >= 4 is 11.6 Å². The van der Waals surface area contributed by atoms with E-state index in [-0.39, 0.29) is 17.4 Å². The van der Waals surface area contributed by atoms with Gasteiger partial charge in [-0.25, -0.2) is 0 Å². The summed E-state index contributed by atoms with van der Waals surface area (Å²) < 4.78 is 0. The molecule has 74 valence electrons. The van der Waals surface area contributed by atoms with Gasteiger partial charge in [0.05, 0.1) is 5.92 Å². The van der Waals surface area contributed by atoms with E-state index in [0.29, 0.717) is 5.02 Å². The Balaban J connectivity index is 2.89. The molecule has 0 bridgehead atoms. The van der Waals surface area contributed by atoms with Gasteiger partial charge in [-0.3, -0.25) is 10.1 Å². The maximum atomic E-state index is 10.4. The molecule has 0 N–H and O–H groups in total. The minimum atomic E-state index is -0.354. The van der Waals surface area contributed by atoms with Gasteiger partial charge in [-0.1, -0.05) is 29.8 Å². The summed E-state index contributed by atoms with van der Waals surface area (Å²) in [7, 11) is 0. The van der Waals surface area contributed by atoms with Crippen molar-refractivity contribution in [3.8, 4) is 0 Å². The molecular weight excluding hydrogens is 202 g/mol. The standard InChI is InChI=1S/C10H10ClNO2/c1-2-8(7-12(13)14)9-4-3-5-10(11)6-9/h2-6,8H,1,7H2/t8-/m0/s1. The Labute approximate surface area is 87.2 Å². The van der Waals surface area contributed by atoms with E-state index in [1.165, 1.54) is 0 Å². The molecule has 0 unspecified atom stereocenters. The highest BCUT2D eigenvalue weighted by Crippen LogP contribution is 2.20. The topological polar surface area (TPSA) is 43.1 Å². The molecule has 4 heteroatoms. The number of nitro groups is 1. The van der Waals surface area contributed by atoms with Crippen LogP contribution < -0.4 is 0 Å². The van der Waals surface area contributed by atoms with Crippen LogP contribution in [0.5, 0.6) is 0 Å². The average molecular weight is 212 g/mol. The number of hydrogen-bond donors (Lipinski definition) is 0. The van der Waals surface area contributed by atoms with Crippen LogP contribution in [0.2, 0.25) is 5.02 Å². The molecule has 0 amide bonds. The summed E-state index contributed by atoms with van der Waals surface area (Å²) in [5, 5.41) is 10.9. The molecule has 1 rings (SSSR count). The smallest absolute Gasteiger partial charge is 0.214 e. The van der Waals surface area contributed by atoms with Crippen LogP contribution in [0, 0.1) is 10.1 Å². The first-order valence-corrected chi connectivity index (χ1v) is 4.51. The van der Waals surface area contributed by atoms with Gasteiger partial charge >= 0.3 is 0 Å². The predicted molar refractivity (Wildman–Crippen MR) is 56.3 cm³/mol. The lowest BCUT2D eigenvalue weighted by Crippen LogP contribution is -2.10. The second kappa shape index (κ2) is 4.77. The highest BCUT2D eigenvalue weighted by atomic mass is 35.5. The summed E-state index contributed by atoms with van der Waals surface area (Å²) in [4.78, 5) is 10.00. The fourth-order valence-electron chi connectivity index (χ4n) is 1.21. The quantitative estimate of drug-likeness (QED) is 0.437. The molecule has 1 aromatic rings. The Bertz CT molecular complexity index is 352. The number of benzene rings is 1. The van der Waals surface area contributed by atoms with Gasteiger partial charge in [0, 0.05) is 9.95 Å². The molecule has 0 heterocycles. The third kappa shape index (κ3) is 2.85. The zero-order chi connectivity index (χ0) is 10.6. The molecular formula is C10H10ClNO2. The molecule has 0 spiro atoms. The van der Waals surface area contributed by atoms with E-state index < -0.39 is 0 Å². The number of hydrogen-bond acceptors (Lipinski definition) is 2. The molecule has 0 fully saturated rings. The molecule has 0 radical (unpaired) electrons. The maximum Gasteiger partial charge on any atom is 0.214 e. The normalized spacial score (nSPS) is 12.1. The second-order valence-corrected chi connectivity index (χ2v) is 3.35. The molecule has 1 aromatic carbocycles. The molecule has 0 aliphatic carbocycles. The summed E-state index contributed by atoms with van der Waals surface area (Å²) in [5.41, 5.74) is 0.823. The zero-order valence-corrected chi connectivity index (χ0v) is 8.28. The average Bonchev–Trinajstić information content (AvgIpc) is 2.14. The van der Waals surface area contributed by atoms with E-state index in [2.05, 4.69) is 6.58 Å². The molecule has 0 saturated heterocycles. The van der Waals surface area contributed by atoms with E-state index in [9.17, 15) is 10.1 Å². The van der Waals surface area contributed by atoms with Crippen LogP contribution in [-0.2, 0) is 0 Å². The fourth-order valence-corrected chi connectivity index (χ4v) is 1.41. The number of halogens is 1. The molecule has 0 aliphatic rings. The van der Waals surface area contributed by atoms with Crippen molar-refractivity contribution in [2.45, 2.75) is 5.92 Å². The summed E-state index contributed by atoms with van der Waals surface area (Å²) in [5.74, 6) is -0.274. The lowest BCUT2D eigenvalue weighted by Gasteiger charge is -2.07. The van der Waals surface area contributed by atoms with E-state index in [1.807, 2.05) is 6.07 Å². The SMILES string of the molecule is C=C[C@@H](C[N+](=O)[O-])c1cccc(Cl)c1. The summed E-state index contributed by atoms with van der Waals surface area (Å²) >= 11 is 5.78. The van der Waals surface area contributed by atoms with Gasteiger partial charge in [0.15, 0.2) is 0 Å². The van der Waals surface area contributed by atoms with Gasteiger partial charge in [-0.2, -0.15) is 0 Å². The highest BCUT2D eigenvalue weighted by Gasteiger charge is 2.13. The third-order valence-electron chi connectivity index (χ3n) is 1.91. The van der Waals surface area contributed by atoms with Crippen molar-refractivity contribution < 1.29 is 4.92 Å². The molecule has 0 aromatic heterocycles. The van der Waals surface area contributed by atoms with Crippen LogP contribution in [0.25, 0.3) is 0 Å². The first-order chi connectivity index (χ1) is 6.63. The molecule has 14 heavy (non-hydrogen) atoms. The molecule has 1 atom stereocenters. The first-order valence-electron chi connectivity index (χ1n) is 4.13. The number of nitrogens with zero attached hydrogens (tertiary/aromatic N) is 1. The molecule has 3 nitrogen and oxygen atoms in total. The Morgan fingerprint density at radius 1 is 1.64 bits per heavy atom. The Morgan fingerprint density at radius 3 is 2.86 bits per heavy atom. The minimum Gasteiger partial charge on any atom is -0.265 e. The van der Waals surface area contributed by atoms with Gasteiger partial charge < -0.3 is 0 Å². The lowest BCUT2D eigenvalue weighted by molar-refractivity contribution is -0.481. The van der Waals surface area contributed by atoms with E-state index >= 15 is 0 Å². The van der Waals surface area contributed by atoms with E-state index in [4.69, 9.17) is 11.6 Å². The largest absolute Gasteiger partial charge is 0.265 e. The van der Waals surface area contributed by atoms with Crippen LogP contribution in [-0.4, -0.2) is 11.5 Å². The van der Waals surface area contributed by atoms with E-state index in [0.717, 1.165) is 5.56 Å². The van der Waals surface area contributed by atoms with Gasteiger partial charge in [-0.05, 0) is 17.7 Å². The lowest BCUT2D eigenvalue weighted by atomic mass is 10.00. The van der Waals surface area contributed by atoms with Gasteiger partial charge in [-0.15, -0.1) is 6.58 Å². The monoisotopic (exact) mass is 211 g/mol. The summed E-state index contributed by atoms with van der Waals surface area (Å²) in [6, 6.07) is 7.03. The zero-order valence-electron chi connectivity index (χ0n) is 7.52. The second-order valence-electron chi connectivity index (χ2n) is 2.91. The Morgan fingerprint density at radius 2 is 2.36 bits per heavy atom.